The summed E-state index contributed by atoms with van der Waals surface area (Å²) in [7, 11) is 1.87. The van der Waals surface area contributed by atoms with Crippen LogP contribution in [0.3, 0.4) is 0 Å². The van der Waals surface area contributed by atoms with Crippen molar-refractivity contribution in [1.82, 2.24) is 9.55 Å². The van der Waals surface area contributed by atoms with Crippen molar-refractivity contribution in [1.29, 1.82) is 0 Å². The van der Waals surface area contributed by atoms with Crippen molar-refractivity contribution in [2.24, 2.45) is 7.05 Å². The summed E-state index contributed by atoms with van der Waals surface area (Å²) in [5.41, 5.74) is 0.746. The molecule has 1 aromatic heterocycles. The zero-order valence-electron chi connectivity index (χ0n) is 7.73. The molecule has 0 fully saturated rings. The number of nitrogens with zero attached hydrogens (tertiary/aromatic N) is 2. The van der Waals surface area contributed by atoms with E-state index in [1.54, 1.807) is 19.3 Å². The number of carbonyl (C=O) groups is 1. The standard InChI is InChI=1S/C9H12N2O2/c1-3-13-9(12)5-4-8-6-11(2)7-10-8/h4-7H,3H2,1-2H3. The molecule has 0 radical (unpaired) electrons. The highest BCUT2D eigenvalue weighted by atomic mass is 16.5. The lowest BCUT2D eigenvalue weighted by molar-refractivity contribution is -0.137. The van der Waals surface area contributed by atoms with Crippen LogP contribution in [-0.2, 0) is 16.6 Å². The number of imidazole rings is 1. The molecule has 4 nitrogen and oxygen atoms in total. The van der Waals surface area contributed by atoms with Crippen molar-refractivity contribution in [3.05, 3.63) is 24.3 Å². The van der Waals surface area contributed by atoms with Crippen molar-refractivity contribution in [2.75, 3.05) is 6.61 Å². The third kappa shape index (κ3) is 3.11. The van der Waals surface area contributed by atoms with Crippen LogP contribution in [0.25, 0.3) is 6.08 Å². The monoisotopic (exact) mass is 180 g/mol. The van der Waals surface area contributed by atoms with Gasteiger partial charge in [0.25, 0.3) is 0 Å². The molecule has 1 heterocycles. The minimum atomic E-state index is -0.340. The summed E-state index contributed by atoms with van der Waals surface area (Å²) in [6.45, 7) is 2.16. The predicted molar refractivity (Wildman–Crippen MR) is 48.9 cm³/mol. The van der Waals surface area contributed by atoms with Gasteiger partial charge >= 0.3 is 5.97 Å². The Kier molecular flexibility index (Phi) is 3.25. The van der Waals surface area contributed by atoms with Crippen molar-refractivity contribution in [2.45, 2.75) is 6.92 Å². The second-order valence-electron chi connectivity index (χ2n) is 2.55. The van der Waals surface area contributed by atoms with Crippen molar-refractivity contribution in [3.63, 3.8) is 0 Å². The van der Waals surface area contributed by atoms with Crippen LogP contribution >= 0.6 is 0 Å². The maximum absolute atomic E-state index is 10.9. The van der Waals surface area contributed by atoms with E-state index in [0.717, 1.165) is 5.69 Å². The van der Waals surface area contributed by atoms with Gasteiger partial charge in [0.15, 0.2) is 0 Å². The summed E-state index contributed by atoms with van der Waals surface area (Å²) in [6.07, 6.45) is 6.48. The molecular weight excluding hydrogens is 168 g/mol. The van der Waals surface area contributed by atoms with Gasteiger partial charge in [0.05, 0.1) is 18.6 Å². The Morgan fingerprint density at radius 3 is 3.08 bits per heavy atom. The number of carbonyl (C=O) groups excluding carboxylic acids is 1. The average Bonchev–Trinajstić information content (AvgIpc) is 2.49. The van der Waals surface area contributed by atoms with Crippen LogP contribution in [0.4, 0.5) is 0 Å². The maximum atomic E-state index is 10.9. The molecule has 4 heteroatoms. The first kappa shape index (κ1) is 9.51. The van der Waals surface area contributed by atoms with Crippen LogP contribution in [0, 0.1) is 0 Å². The molecule has 0 bridgehead atoms. The van der Waals surface area contributed by atoms with E-state index < -0.39 is 0 Å². The summed E-state index contributed by atoms with van der Waals surface area (Å²) in [5, 5.41) is 0. The van der Waals surface area contributed by atoms with Gasteiger partial charge in [-0.25, -0.2) is 9.78 Å². The average molecular weight is 180 g/mol. The SMILES string of the molecule is CCOC(=O)C=Cc1cn(C)cn1. The fraction of sp³-hybridized carbons (Fsp3) is 0.333. The van der Waals surface area contributed by atoms with Gasteiger partial charge in [-0.1, -0.05) is 0 Å². The van der Waals surface area contributed by atoms with Crippen LogP contribution in [0.15, 0.2) is 18.6 Å². The third-order valence-corrected chi connectivity index (χ3v) is 1.40. The van der Waals surface area contributed by atoms with Crippen LogP contribution in [0.1, 0.15) is 12.6 Å². The molecule has 70 valence electrons. The van der Waals surface area contributed by atoms with E-state index in [-0.39, 0.29) is 5.97 Å². The van der Waals surface area contributed by atoms with Gasteiger partial charge in [0.2, 0.25) is 0 Å². The fourth-order valence-electron chi connectivity index (χ4n) is 0.863. The second-order valence-corrected chi connectivity index (χ2v) is 2.55. The number of esters is 1. The molecule has 0 atom stereocenters. The first-order valence-electron chi connectivity index (χ1n) is 4.05. The Morgan fingerprint density at radius 1 is 1.77 bits per heavy atom. The molecule has 1 aromatic rings. The van der Waals surface area contributed by atoms with E-state index in [1.165, 1.54) is 6.08 Å². The van der Waals surface area contributed by atoms with E-state index in [1.807, 2.05) is 17.8 Å². The highest BCUT2D eigenvalue weighted by molar-refractivity contribution is 5.86. The Labute approximate surface area is 76.8 Å². The molecule has 0 unspecified atom stereocenters. The molecule has 0 aliphatic rings. The molecule has 0 spiro atoms. The Morgan fingerprint density at radius 2 is 2.54 bits per heavy atom. The quantitative estimate of drug-likeness (QED) is 0.514. The molecule has 0 aliphatic heterocycles. The minimum absolute atomic E-state index is 0.340. The normalized spacial score (nSPS) is 10.6. The van der Waals surface area contributed by atoms with Crippen molar-refractivity contribution < 1.29 is 9.53 Å². The third-order valence-electron chi connectivity index (χ3n) is 1.40. The van der Waals surface area contributed by atoms with Gasteiger partial charge in [-0.15, -0.1) is 0 Å². The lowest BCUT2D eigenvalue weighted by Gasteiger charge is -1.92. The van der Waals surface area contributed by atoms with E-state index in [0.29, 0.717) is 6.61 Å². The van der Waals surface area contributed by atoms with E-state index in [2.05, 4.69) is 4.98 Å². The predicted octanol–water partition coefficient (Wildman–Crippen LogP) is 0.996. The summed E-state index contributed by atoms with van der Waals surface area (Å²) < 4.78 is 6.52. The Hall–Kier alpha value is -1.58. The Balaban J connectivity index is 2.53. The lowest BCUT2D eigenvalue weighted by Crippen LogP contribution is -1.98. The zero-order valence-corrected chi connectivity index (χ0v) is 7.73. The number of hydrogen-bond acceptors (Lipinski definition) is 3. The van der Waals surface area contributed by atoms with Gasteiger partial charge in [-0.2, -0.15) is 0 Å². The van der Waals surface area contributed by atoms with Crippen molar-refractivity contribution in [3.8, 4) is 0 Å². The summed E-state index contributed by atoms with van der Waals surface area (Å²) >= 11 is 0. The maximum Gasteiger partial charge on any atom is 0.330 e. The molecule has 13 heavy (non-hydrogen) atoms. The van der Waals surface area contributed by atoms with E-state index >= 15 is 0 Å². The Bertz CT molecular complexity index is 315. The molecule has 1 rings (SSSR count). The first-order chi connectivity index (χ1) is 6.22. The highest BCUT2D eigenvalue weighted by Crippen LogP contribution is 1.97. The first-order valence-corrected chi connectivity index (χ1v) is 4.05. The largest absolute Gasteiger partial charge is 0.463 e. The van der Waals surface area contributed by atoms with E-state index in [4.69, 9.17) is 4.74 Å². The summed E-state index contributed by atoms with van der Waals surface area (Å²) in [4.78, 5) is 14.9. The topological polar surface area (TPSA) is 44.1 Å². The van der Waals surface area contributed by atoms with Gasteiger partial charge < -0.3 is 9.30 Å². The smallest absolute Gasteiger partial charge is 0.330 e. The number of aromatic nitrogens is 2. The number of ether oxygens (including phenoxy) is 1. The zero-order chi connectivity index (χ0) is 9.68. The number of hydrogen-bond donors (Lipinski definition) is 0. The van der Waals surface area contributed by atoms with Gasteiger partial charge in [0, 0.05) is 19.3 Å². The van der Waals surface area contributed by atoms with Gasteiger partial charge in [0.1, 0.15) is 0 Å². The summed E-state index contributed by atoms with van der Waals surface area (Å²) in [6, 6.07) is 0. The van der Waals surface area contributed by atoms with Crippen LogP contribution in [0.2, 0.25) is 0 Å². The van der Waals surface area contributed by atoms with Crippen LogP contribution < -0.4 is 0 Å². The van der Waals surface area contributed by atoms with Crippen molar-refractivity contribution >= 4 is 12.0 Å². The summed E-state index contributed by atoms with van der Waals surface area (Å²) in [5.74, 6) is -0.340. The molecule has 0 saturated carbocycles. The van der Waals surface area contributed by atoms with Crippen LogP contribution in [-0.4, -0.2) is 22.1 Å². The lowest BCUT2D eigenvalue weighted by atomic mass is 10.4. The van der Waals surface area contributed by atoms with E-state index in [9.17, 15) is 4.79 Å². The number of rotatable bonds is 3. The minimum Gasteiger partial charge on any atom is -0.463 e. The highest BCUT2D eigenvalue weighted by Gasteiger charge is 1.94. The number of aryl methyl sites for hydroxylation is 1. The molecule has 0 amide bonds. The van der Waals surface area contributed by atoms with Crippen LogP contribution in [0.5, 0.6) is 0 Å². The second kappa shape index (κ2) is 4.45. The fourth-order valence-corrected chi connectivity index (χ4v) is 0.863. The molecular formula is C9H12N2O2. The molecule has 0 aromatic carbocycles. The van der Waals surface area contributed by atoms with Gasteiger partial charge in [-0.05, 0) is 13.0 Å². The molecule has 0 saturated heterocycles. The molecule has 0 N–H and O–H groups in total. The van der Waals surface area contributed by atoms with Gasteiger partial charge in [-0.3, -0.25) is 0 Å². The molecule has 0 aliphatic carbocycles.